The highest BCUT2D eigenvalue weighted by molar-refractivity contribution is 5.48. The lowest BCUT2D eigenvalue weighted by Crippen LogP contribution is -2.46. The molecule has 1 aliphatic rings. The highest BCUT2D eigenvalue weighted by Gasteiger charge is 2.20. The first kappa shape index (κ1) is 14.1. The second kappa shape index (κ2) is 6.28. The first-order valence-electron chi connectivity index (χ1n) is 7.25. The molecule has 0 spiro atoms. The Hall–Kier alpha value is -1.85. The van der Waals surface area contributed by atoms with Gasteiger partial charge in [-0.25, -0.2) is 4.39 Å². The van der Waals surface area contributed by atoms with Crippen LogP contribution in [0.5, 0.6) is 0 Å². The summed E-state index contributed by atoms with van der Waals surface area (Å²) < 4.78 is 19.1. The number of nitrogens with zero attached hydrogens (tertiary/aromatic N) is 2. The number of piperazine rings is 1. The zero-order valence-corrected chi connectivity index (χ0v) is 12.0. The SMILES string of the molecule is NCc1occc1CN1CCN(c2ccccc2F)CC1. The van der Waals surface area contributed by atoms with E-state index in [2.05, 4.69) is 9.80 Å². The minimum absolute atomic E-state index is 0.147. The van der Waals surface area contributed by atoms with Crippen LogP contribution in [0.25, 0.3) is 0 Å². The molecule has 0 unspecified atom stereocenters. The van der Waals surface area contributed by atoms with Crippen molar-refractivity contribution in [3.63, 3.8) is 0 Å². The molecule has 112 valence electrons. The van der Waals surface area contributed by atoms with Crippen LogP contribution in [0.15, 0.2) is 41.0 Å². The molecule has 1 aromatic heterocycles. The standard InChI is InChI=1S/C16H20FN3O/c17-14-3-1-2-4-15(14)20-8-6-19(7-9-20)12-13-5-10-21-16(13)11-18/h1-5,10H,6-9,11-12,18H2. The first-order chi connectivity index (χ1) is 10.3. The molecule has 0 bridgehead atoms. The summed E-state index contributed by atoms with van der Waals surface area (Å²) in [5.41, 5.74) is 7.50. The van der Waals surface area contributed by atoms with Gasteiger partial charge in [-0.15, -0.1) is 0 Å². The number of furan rings is 1. The maximum absolute atomic E-state index is 13.8. The van der Waals surface area contributed by atoms with Gasteiger partial charge in [0.25, 0.3) is 0 Å². The van der Waals surface area contributed by atoms with Crippen molar-refractivity contribution in [2.75, 3.05) is 31.1 Å². The van der Waals surface area contributed by atoms with Crippen molar-refractivity contribution in [2.45, 2.75) is 13.1 Å². The highest BCUT2D eigenvalue weighted by atomic mass is 19.1. The molecular weight excluding hydrogens is 269 g/mol. The maximum atomic E-state index is 13.8. The topological polar surface area (TPSA) is 45.6 Å². The van der Waals surface area contributed by atoms with Gasteiger partial charge in [0.05, 0.1) is 18.5 Å². The molecule has 4 nitrogen and oxygen atoms in total. The molecule has 0 aliphatic carbocycles. The first-order valence-corrected chi connectivity index (χ1v) is 7.25. The lowest BCUT2D eigenvalue weighted by molar-refractivity contribution is 0.247. The van der Waals surface area contributed by atoms with E-state index in [1.165, 1.54) is 6.07 Å². The molecule has 2 aromatic rings. The second-order valence-corrected chi connectivity index (χ2v) is 5.29. The molecule has 1 aromatic carbocycles. The highest BCUT2D eigenvalue weighted by Crippen LogP contribution is 2.21. The van der Waals surface area contributed by atoms with Crippen LogP contribution in [0.3, 0.4) is 0 Å². The normalized spacial score (nSPS) is 16.4. The van der Waals surface area contributed by atoms with Crippen molar-refractivity contribution < 1.29 is 8.81 Å². The molecule has 21 heavy (non-hydrogen) atoms. The van der Waals surface area contributed by atoms with Crippen LogP contribution < -0.4 is 10.6 Å². The van der Waals surface area contributed by atoms with Gasteiger partial charge in [0.2, 0.25) is 0 Å². The lowest BCUT2D eigenvalue weighted by atomic mass is 10.2. The second-order valence-electron chi connectivity index (χ2n) is 5.29. The molecule has 1 aliphatic heterocycles. The van der Waals surface area contributed by atoms with Gasteiger partial charge in [0.15, 0.2) is 0 Å². The summed E-state index contributed by atoms with van der Waals surface area (Å²) in [5, 5.41) is 0. The van der Waals surface area contributed by atoms with E-state index in [-0.39, 0.29) is 5.82 Å². The van der Waals surface area contributed by atoms with E-state index >= 15 is 0 Å². The zero-order valence-electron chi connectivity index (χ0n) is 12.0. The summed E-state index contributed by atoms with van der Waals surface area (Å²) in [4.78, 5) is 4.45. The van der Waals surface area contributed by atoms with Crippen molar-refractivity contribution in [3.05, 3.63) is 53.7 Å². The number of halogens is 1. The van der Waals surface area contributed by atoms with E-state index < -0.39 is 0 Å². The smallest absolute Gasteiger partial charge is 0.146 e. The molecule has 1 saturated heterocycles. The Kier molecular flexibility index (Phi) is 4.22. The average molecular weight is 289 g/mol. The lowest BCUT2D eigenvalue weighted by Gasteiger charge is -2.36. The zero-order chi connectivity index (χ0) is 14.7. The van der Waals surface area contributed by atoms with Gasteiger partial charge >= 0.3 is 0 Å². The number of benzene rings is 1. The largest absolute Gasteiger partial charge is 0.468 e. The van der Waals surface area contributed by atoms with Gasteiger partial charge in [0.1, 0.15) is 11.6 Å². The molecule has 0 radical (unpaired) electrons. The van der Waals surface area contributed by atoms with Crippen LogP contribution >= 0.6 is 0 Å². The fourth-order valence-corrected chi connectivity index (χ4v) is 2.78. The minimum atomic E-state index is -0.147. The molecule has 0 amide bonds. The van der Waals surface area contributed by atoms with Crippen molar-refractivity contribution in [3.8, 4) is 0 Å². The Morgan fingerprint density at radius 3 is 2.57 bits per heavy atom. The van der Waals surface area contributed by atoms with E-state index in [9.17, 15) is 4.39 Å². The molecule has 5 heteroatoms. The number of para-hydroxylation sites is 1. The molecule has 2 heterocycles. The van der Waals surface area contributed by atoms with Gasteiger partial charge in [-0.2, -0.15) is 0 Å². The number of hydrogen-bond acceptors (Lipinski definition) is 4. The third-order valence-corrected chi connectivity index (χ3v) is 3.98. The fraction of sp³-hybridized carbons (Fsp3) is 0.375. The summed E-state index contributed by atoms with van der Waals surface area (Å²) in [6.45, 7) is 4.74. The van der Waals surface area contributed by atoms with Gasteiger partial charge in [0, 0.05) is 38.3 Å². The van der Waals surface area contributed by atoms with Gasteiger partial charge in [-0.05, 0) is 18.2 Å². The number of hydrogen-bond donors (Lipinski definition) is 1. The van der Waals surface area contributed by atoms with Crippen LogP contribution in [0, 0.1) is 5.82 Å². The molecule has 0 atom stereocenters. The summed E-state index contributed by atoms with van der Waals surface area (Å²) in [6.07, 6.45) is 1.69. The van der Waals surface area contributed by atoms with Gasteiger partial charge in [-0.1, -0.05) is 12.1 Å². The third kappa shape index (κ3) is 3.09. The third-order valence-electron chi connectivity index (χ3n) is 3.98. The van der Waals surface area contributed by atoms with Crippen molar-refractivity contribution >= 4 is 5.69 Å². The van der Waals surface area contributed by atoms with E-state index in [1.807, 2.05) is 18.2 Å². The predicted molar refractivity (Wildman–Crippen MR) is 80.5 cm³/mol. The maximum Gasteiger partial charge on any atom is 0.146 e. The monoisotopic (exact) mass is 289 g/mol. The average Bonchev–Trinajstić information content (AvgIpc) is 2.96. The van der Waals surface area contributed by atoms with Crippen molar-refractivity contribution in [1.29, 1.82) is 0 Å². The van der Waals surface area contributed by atoms with E-state index in [4.69, 9.17) is 10.2 Å². The molecular formula is C16H20FN3O. The van der Waals surface area contributed by atoms with Gasteiger partial charge < -0.3 is 15.1 Å². The summed E-state index contributed by atoms with van der Waals surface area (Å²) in [5.74, 6) is 0.706. The Balaban J connectivity index is 1.59. The molecule has 3 rings (SSSR count). The van der Waals surface area contributed by atoms with Crippen LogP contribution in [-0.2, 0) is 13.1 Å². The van der Waals surface area contributed by atoms with Crippen molar-refractivity contribution in [1.82, 2.24) is 4.90 Å². The van der Waals surface area contributed by atoms with Crippen LogP contribution in [0.4, 0.5) is 10.1 Å². The van der Waals surface area contributed by atoms with Gasteiger partial charge in [-0.3, -0.25) is 4.90 Å². The Labute approximate surface area is 123 Å². The Morgan fingerprint density at radius 1 is 1.10 bits per heavy atom. The fourth-order valence-electron chi connectivity index (χ4n) is 2.78. The minimum Gasteiger partial charge on any atom is -0.468 e. The molecule has 2 N–H and O–H groups in total. The molecule has 1 fully saturated rings. The number of rotatable bonds is 4. The summed E-state index contributed by atoms with van der Waals surface area (Å²) >= 11 is 0. The summed E-state index contributed by atoms with van der Waals surface area (Å²) in [6, 6.07) is 8.94. The van der Waals surface area contributed by atoms with Crippen molar-refractivity contribution in [2.24, 2.45) is 5.73 Å². The van der Waals surface area contributed by atoms with Crippen LogP contribution in [0.2, 0.25) is 0 Å². The predicted octanol–water partition coefficient (Wildman–Crippen LogP) is 2.20. The number of anilines is 1. The number of nitrogens with two attached hydrogens (primary N) is 1. The van der Waals surface area contributed by atoms with E-state index in [0.29, 0.717) is 12.2 Å². The summed E-state index contributed by atoms with van der Waals surface area (Å²) in [7, 11) is 0. The molecule has 0 saturated carbocycles. The Morgan fingerprint density at radius 2 is 1.86 bits per heavy atom. The quantitative estimate of drug-likeness (QED) is 0.937. The van der Waals surface area contributed by atoms with Crippen LogP contribution in [0.1, 0.15) is 11.3 Å². The van der Waals surface area contributed by atoms with E-state index in [1.54, 1.807) is 12.3 Å². The van der Waals surface area contributed by atoms with Crippen LogP contribution in [-0.4, -0.2) is 31.1 Å². The Bertz CT molecular complexity index is 591. The van der Waals surface area contributed by atoms with E-state index in [0.717, 1.165) is 44.0 Å².